The molecular weight excluding hydrogens is 508 g/mol. The Hall–Kier alpha value is -3.03. The van der Waals surface area contributed by atoms with Crippen molar-refractivity contribution in [2.75, 3.05) is 12.4 Å². The van der Waals surface area contributed by atoms with Gasteiger partial charge in [0.1, 0.15) is 16.8 Å². The van der Waals surface area contributed by atoms with Crippen LogP contribution in [0.25, 0.3) is 6.08 Å². The number of ether oxygens (including phenoxy) is 1. The summed E-state index contributed by atoms with van der Waals surface area (Å²) in [4.78, 5) is 13.1. The van der Waals surface area contributed by atoms with Gasteiger partial charge in [0.15, 0.2) is 10.9 Å². The van der Waals surface area contributed by atoms with Gasteiger partial charge >= 0.3 is 0 Å². The van der Waals surface area contributed by atoms with E-state index < -0.39 is 10.8 Å². The quantitative estimate of drug-likeness (QED) is 0.238. The van der Waals surface area contributed by atoms with Gasteiger partial charge in [-0.1, -0.05) is 47.1 Å². The molecule has 2 N–H and O–H groups in total. The van der Waals surface area contributed by atoms with Gasteiger partial charge in [0.2, 0.25) is 5.76 Å². The largest absolute Gasteiger partial charge is 0.460 e. The third-order valence-electron chi connectivity index (χ3n) is 5.89. The molecule has 0 bridgehead atoms. The predicted molar refractivity (Wildman–Crippen MR) is 139 cm³/mol. The Morgan fingerprint density at radius 1 is 1.34 bits per heavy atom. The first-order valence-electron chi connectivity index (χ1n) is 10.8. The Bertz CT molecular complexity index is 1410. The van der Waals surface area contributed by atoms with E-state index in [4.69, 9.17) is 25.0 Å². The molecule has 7 nitrogen and oxygen atoms in total. The number of benzene rings is 1. The Labute approximate surface area is 213 Å². The minimum Gasteiger partial charge on any atom is -0.460 e. The fourth-order valence-corrected chi connectivity index (χ4v) is 7.10. The smallest absolute Gasteiger partial charge is 0.293 e. The van der Waals surface area contributed by atoms with Gasteiger partial charge in [-0.15, -0.1) is 11.3 Å². The maximum absolute atomic E-state index is 10.2. The van der Waals surface area contributed by atoms with Crippen molar-refractivity contribution in [3.63, 3.8) is 0 Å². The normalized spacial score (nSPS) is 18.7. The predicted octanol–water partition coefficient (Wildman–Crippen LogP) is 6.15. The number of nitrogens with zero attached hydrogens (tertiary/aromatic N) is 1. The Morgan fingerprint density at radius 2 is 2.11 bits per heavy atom. The highest BCUT2D eigenvalue weighted by atomic mass is 35.5. The number of aliphatic hydroxyl groups excluding tert-OH is 1. The van der Waals surface area contributed by atoms with Crippen LogP contribution in [-0.4, -0.2) is 28.8 Å². The number of carbonyl (C=O) groups excluding carboxylic acids is 1. The lowest BCUT2D eigenvalue weighted by molar-refractivity contribution is -0.133. The zero-order chi connectivity index (χ0) is 24.6. The summed E-state index contributed by atoms with van der Waals surface area (Å²) in [5.41, 5.74) is 1.53. The number of rotatable bonds is 4. The molecule has 2 aliphatic heterocycles. The molecule has 180 valence electrons. The zero-order valence-corrected chi connectivity index (χ0v) is 21.2. The number of nitrogens with one attached hydrogen (secondary N) is 1. The second-order valence-corrected chi connectivity index (χ2v) is 11.0. The van der Waals surface area contributed by atoms with Gasteiger partial charge in [-0.2, -0.15) is 0 Å². The van der Waals surface area contributed by atoms with Crippen LogP contribution in [0, 0.1) is 17.3 Å². The van der Waals surface area contributed by atoms with Crippen LogP contribution >= 0.6 is 33.7 Å². The first-order valence-corrected chi connectivity index (χ1v) is 13.2. The number of carbonyl (C=O) groups is 1. The van der Waals surface area contributed by atoms with Gasteiger partial charge in [0.05, 0.1) is 25.9 Å². The van der Waals surface area contributed by atoms with Crippen molar-refractivity contribution in [2.24, 2.45) is 5.41 Å². The minimum atomic E-state index is -0.560. The summed E-state index contributed by atoms with van der Waals surface area (Å²) in [5, 5.41) is 17.6. The van der Waals surface area contributed by atoms with Crippen LogP contribution in [0.15, 0.2) is 45.8 Å². The number of hydrogen-bond donors (Lipinski definition) is 2. The molecule has 6 rings (SSSR count). The third-order valence-corrected chi connectivity index (χ3v) is 9.13. The molecule has 0 saturated heterocycles. The van der Waals surface area contributed by atoms with Gasteiger partial charge in [0, 0.05) is 18.0 Å². The molecule has 10 heteroatoms. The molecule has 1 aromatic carbocycles. The average Bonchev–Trinajstić information content (AvgIpc) is 3.51. The second kappa shape index (κ2) is 9.55. The molecule has 0 amide bonds. The van der Waals surface area contributed by atoms with Crippen LogP contribution in [0.1, 0.15) is 46.9 Å². The van der Waals surface area contributed by atoms with Gasteiger partial charge < -0.3 is 23.9 Å². The summed E-state index contributed by atoms with van der Waals surface area (Å²) in [7, 11) is 1.18. The minimum absolute atomic E-state index is 0.0606. The maximum Gasteiger partial charge on any atom is 0.293 e. The molecule has 3 aromatic rings. The van der Waals surface area contributed by atoms with Crippen LogP contribution in [-0.2, 0) is 9.53 Å². The summed E-state index contributed by atoms with van der Waals surface area (Å²) in [6, 6.07) is 11.5. The van der Waals surface area contributed by atoms with Crippen LogP contribution in [0.2, 0.25) is 5.15 Å². The highest BCUT2D eigenvalue weighted by Gasteiger charge is 2.60. The lowest BCUT2D eigenvalue weighted by Gasteiger charge is -2.35. The van der Waals surface area contributed by atoms with E-state index >= 15 is 0 Å². The summed E-state index contributed by atoms with van der Waals surface area (Å²) < 4.78 is 15.8. The van der Waals surface area contributed by atoms with Gasteiger partial charge in [0.25, 0.3) is 6.47 Å². The fraction of sp³-hybridized carbons (Fsp3) is 0.240. The van der Waals surface area contributed by atoms with E-state index in [1.807, 2.05) is 43.3 Å². The standard InChI is InChI=1S/C16H11ClN2O3S2.C9H10O2/c1-18-13-9(21-19-14(13)17)3-2-8-6-10-11(23-8)7-12-16(4-5-16)15(20)24(12)22-10;1-8(11-7-10)9-5-3-2-4-6-9/h6-7,18,20H,4-5H2,1H3;2-8H,1H3. The first-order chi connectivity index (χ1) is 17.0. The molecule has 4 heterocycles. The van der Waals surface area contributed by atoms with Crippen molar-refractivity contribution in [1.29, 1.82) is 0 Å². The monoisotopic (exact) mass is 528 g/mol. The first kappa shape index (κ1) is 23.7. The molecule has 3 aliphatic rings. The number of aliphatic hydroxyl groups is 1. The number of halogens is 1. The highest BCUT2D eigenvalue weighted by Crippen LogP contribution is 2.69. The van der Waals surface area contributed by atoms with Gasteiger partial charge in [-0.05, 0) is 43.2 Å². The van der Waals surface area contributed by atoms with E-state index in [0.717, 1.165) is 33.9 Å². The van der Waals surface area contributed by atoms with Crippen molar-refractivity contribution in [1.82, 2.24) is 5.16 Å². The molecular formula is C25H21ClN2O5S2. The number of aromatic nitrogens is 1. The van der Waals surface area contributed by atoms with Gasteiger partial charge in [-0.25, -0.2) is 0 Å². The SMILES string of the molecule is CC(OC=O)c1ccccc1.CNc1c(Cl)noc1C#Cc1cc2c(s1)C=C1S(=C(O)C13CC3)O2. The van der Waals surface area contributed by atoms with E-state index in [9.17, 15) is 9.90 Å². The van der Waals surface area contributed by atoms with E-state index in [1.165, 1.54) is 4.91 Å². The van der Waals surface area contributed by atoms with Crippen molar-refractivity contribution in [2.45, 2.75) is 25.9 Å². The van der Waals surface area contributed by atoms with Crippen molar-refractivity contribution in [3.8, 4) is 17.6 Å². The lowest BCUT2D eigenvalue weighted by Crippen LogP contribution is -2.30. The molecule has 0 radical (unpaired) electrons. The van der Waals surface area contributed by atoms with E-state index in [1.54, 1.807) is 18.4 Å². The van der Waals surface area contributed by atoms with Crippen molar-refractivity contribution >= 4 is 57.0 Å². The fourth-order valence-electron chi connectivity index (χ4n) is 3.78. The summed E-state index contributed by atoms with van der Waals surface area (Å²) in [6.07, 6.45) is 4.08. The molecule has 1 spiro atoms. The Balaban J connectivity index is 0.000000195. The van der Waals surface area contributed by atoms with Crippen LogP contribution in [0.5, 0.6) is 5.75 Å². The van der Waals surface area contributed by atoms with E-state index in [0.29, 0.717) is 23.0 Å². The van der Waals surface area contributed by atoms with E-state index in [2.05, 4.69) is 28.4 Å². The molecule has 2 aromatic heterocycles. The molecule has 1 aliphatic carbocycles. The topological polar surface area (TPSA) is 93.8 Å². The van der Waals surface area contributed by atoms with Gasteiger partial charge in [-0.3, -0.25) is 4.79 Å². The molecule has 1 fully saturated rings. The Morgan fingerprint density at radius 3 is 2.80 bits per heavy atom. The van der Waals surface area contributed by atoms with Crippen LogP contribution in [0.4, 0.5) is 5.69 Å². The zero-order valence-electron chi connectivity index (χ0n) is 18.8. The highest BCUT2D eigenvalue weighted by molar-refractivity contribution is 8.17. The number of thiophene rings is 1. The lowest BCUT2D eigenvalue weighted by atomic mass is 10.1. The summed E-state index contributed by atoms with van der Waals surface area (Å²) in [5.74, 6) is 7.19. The van der Waals surface area contributed by atoms with E-state index in [-0.39, 0.29) is 16.7 Å². The molecule has 1 saturated carbocycles. The van der Waals surface area contributed by atoms with Crippen molar-refractivity contribution < 1.29 is 23.3 Å². The molecule has 2 atom stereocenters. The third kappa shape index (κ3) is 4.39. The average molecular weight is 529 g/mol. The second-order valence-electron chi connectivity index (χ2n) is 8.05. The molecule has 2 unspecified atom stereocenters. The number of fused-ring (bicyclic) bond motifs is 3. The molecule has 35 heavy (non-hydrogen) atoms. The van der Waals surface area contributed by atoms with Crippen LogP contribution < -0.4 is 9.50 Å². The number of hydrogen-bond acceptors (Lipinski definition) is 7. The summed E-state index contributed by atoms with van der Waals surface area (Å²) >= 11 is 7.48. The summed E-state index contributed by atoms with van der Waals surface area (Å²) in [6.45, 7) is 2.31. The Kier molecular flexibility index (Phi) is 6.47. The maximum atomic E-state index is 10.2. The van der Waals surface area contributed by atoms with Crippen molar-refractivity contribution in [3.05, 3.63) is 67.5 Å². The van der Waals surface area contributed by atoms with Crippen LogP contribution in [0.3, 0.4) is 0 Å². The number of anilines is 1.